The number of carbonyl (C=O) groups excluding carboxylic acids is 1. The molecule has 0 aliphatic heterocycles. The Morgan fingerprint density at radius 1 is 1.26 bits per heavy atom. The van der Waals surface area contributed by atoms with Crippen molar-refractivity contribution in [2.45, 2.75) is 0 Å². The third-order valence-corrected chi connectivity index (χ3v) is 4.16. The number of hydrogen-bond donors (Lipinski definition) is 0. The molecule has 0 heterocycles. The predicted octanol–water partition coefficient (Wildman–Crippen LogP) is 1.97. The number of ketones is 1. The third-order valence-electron chi connectivity index (χ3n) is 2.41. The van der Waals surface area contributed by atoms with Crippen molar-refractivity contribution >= 4 is 15.7 Å². The lowest BCUT2D eigenvalue weighted by atomic mass is 10.2. The number of allylic oxidation sites excluding steroid dienone is 1. The highest BCUT2D eigenvalue weighted by molar-refractivity contribution is 8.03. The first-order valence-electron chi connectivity index (χ1n) is 5.51. The van der Waals surface area contributed by atoms with Gasteiger partial charge in [0.2, 0.25) is 5.78 Å². The average molecular weight is 273 g/mol. The van der Waals surface area contributed by atoms with Gasteiger partial charge in [-0.1, -0.05) is 30.3 Å². The van der Waals surface area contributed by atoms with Crippen molar-refractivity contribution in [1.82, 2.24) is 0 Å². The molecule has 0 bridgehead atoms. The van der Waals surface area contributed by atoms with E-state index in [0.29, 0.717) is 5.56 Å². The zero-order chi connectivity index (χ0) is 14.3. The zero-order valence-electron chi connectivity index (χ0n) is 10.5. The highest BCUT2D eigenvalue weighted by Gasteiger charge is 2.25. The first-order chi connectivity index (χ1) is 8.98. The molecular formula is C14H13N2O2S+. The van der Waals surface area contributed by atoms with E-state index in [1.807, 2.05) is 0 Å². The summed E-state index contributed by atoms with van der Waals surface area (Å²) < 4.78 is 12.2. The maximum atomic E-state index is 12.2. The Hall–Kier alpha value is -2.24. The number of nitrogens with zero attached hydrogens (tertiary/aromatic N) is 2. The van der Waals surface area contributed by atoms with Crippen LogP contribution in [0.15, 0.2) is 42.0 Å². The topological polar surface area (TPSA) is 81.7 Å². The van der Waals surface area contributed by atoms with Gasteiger partial charge in [-0.2, -0.15) is 10.5 Å². The largest absolute Gasteiger partial charge is 0.289 e. The van der Waals surface area contributed by atoms with Crippen LogP contribution in [0.5, 0.6) is 0 Å². The van der Waals surface area contributed by atoms with Gasteiger partial charge in [-0.3, -0.25) is 4.79 Å². The molecule has 0 aliphatic carbocycles. The summed E-state index contributed by atoms with van der Waals surface area (Å²) in [4.78, 5) is 11.9. The molecule has 5 heteroatoms. The Morgan fingerprint density at radius 3 is 2.37 bits per heavy atom. The number of rotatable bonds is 5. The Kier molecular flexibility index (Phi) is 5.17. The molecule has 1 aromatic rings. The summed E-state index contributed by atoms with van der Waals surface area (Å²) in [5, 5.41) is 17.2. The van der Waals surface area contributed by atoms with Gasteiger partial charge in [0.15, 0.2) is 5.75 Å². The van der Waals surface area contributed by atoms with Crippen LogP contribution in [0, 0.1) is 22.7 Å². The summed E-state index contributed by atoms with van der Waals surface area (Å²) >= 11 is 0. The van der Waals surface area contributed by atoms with Crippen LogP contribution in [0.25, 0.3) is 0 Å². The molecule has 0 radical (unpaired) electrons. The van der Waals surface area contributed by atoms with Crippen molar-refractivity contribution < 1.29 is 9.00 Å². The summed E-state index contributed by atoms with van der Waals surface area (Å²) in [6, 6.07) is 12.0. The summed E-state index contributed by atoms with van der Waals surface area (Å²) in [7, 11) is -2.42. The lowest BCUT2D eigenvalue weighted by molar-refractivity contribution is 0.102. The molecule has 1 aromatic carbocycles. The van der Waals surface area contributed by atoms with Gasteiger partial charge in [-0.15, -0.1) is 4.21 Å². The van der Waals surface area contributed by atoms with Gasteiger partial charge in [0.1, 0.15) is 29.7 Å². The molecule has 0 saturated heterocycles. The molecule has 0 spiro atoms. The number of carbonyl (C=O) groups is 1. The van der Waals surface area contributed by atoms with Crippen LogP contribution in [0.2, 0.25) is 0 Å². The van der Waals surface area contributed by atoms with Gasteiger partial charge < -0.3 is 0 Å². The van der Waals surface area contributed by atoms with Gasteiger partial charge in [-0.25, -0.2) is 0 Å². The van der Waals surface area contributed by atoms with Crippen molar-refractivity contribution in [3.05, 3.63) is 47.5 Å². The fourth-order valence-corrected chi connectivity index (χ4v) is 2.78. The van der Waals surface area contributed by atoms with Crippen LogP contribution in [0.1, 0.15) is 10.4 Å². The van der Waals surface area contributed by atoms with E-state index in [2.05, 4.69) is 0 Å². The Balaban J connectivity index is 2.74. The van der Waals surface area contributed by atoms with Gasteiger partial charge in [0.05, 0.1) is 9.93 Å². The quantitative estimate of drug-likeness (QED) is 0.466. The van der Waals surface area contributed by atoms with Crippen molar-refractivity contribution in [1.29, 1.82) is 10.5 Å². The van der Waals surface area contributed by atoms with Crippen molar-refractivity contribution in [2.75, 3.05) is 17.8 Å². The lowest BCUT2D eigenvalue weighted by Crippen LogP contribution is -2.23. The van der Waals surface area contributed by atoms with Crippen LogP contribution in [-0.2, 0) is 14.1 Å². The fraction of sp³-hybridized carbons (Fsp3) is 0.214. The van der Waals surface area contributed by atoms with Crippen molar-refractivity contribution in [2.24, 2.45) is 0 Å². The fourth-order valence-electron chi connectivity index (χ4n) is 1.42. The van der Waals surface area contributed by atoms with E-state index in [0.717, 1.165) is 0 Å². The minimum absolute atomic E-state index is 0.0576. The number of hydrogen-bond acceptors (Lipinski definition) is 4. The van der Waals surface area contributed by atoms with Gasteiger partial charge in [0.25, 0.3) is 0 Å². The van der Waals surface area contributed by atoms with E-state index in [9.17, 15) is 9.00 Å². The predicted molar refractivity (Wildman–Crippen MR) is 73.8 cm³/mol. The van der Waals surface area contributed by atoms with Crippen molar-refractivity contribution in [3.8, 4) is 12.1 Å². The monoisotopic (exact) mass is 273 g/mol. The Labute approximate surface area is 113 Å². The summed E-state index contributed by atoms with van der Waals surface area (Å²) in [6.07, 6.45) is 2.80. The molecule has 0 aromatic heterocycles. The molecule has 96 valence electrons. The van der Waals surface area contributed by atoms with E-state index >= 15 is 0 Å². The second-order valence-corrected chi connectivity index (χ2v) is 7.12. The summed E-state index contributed by atoms with van der Waals surface area (Å²) in [5.41, 5.74) is 0.434. The summed E-state index contributed by atoms with van der Waals surface area (Å²) in [5.74, 6) is -0.225. The zero-order valence-corrected chi connectivity index (χ0v) is 11.3. The molecule has 0 saturated carbocycles. The second kappa shape index (κ2) is 6.63. The number of nitriles is 2. The Morgan fingerprint density at radius 2 is 1.84 bits per heavy atom. The van der Waals surface area contributed by atoms with E-state index in [4.69, 9.17) is 10.5 Å². The smallest absolute Gasteiger partial charge is 0.211 e. The number of Topliss-reactive ketones (excluding diaryl/α,β-unsaturated/α-hetero) is 1. The second-order valence-electron chi connectivity index (χ2n) is 4.13. The minimum atomic E-state index is -2.42. The molecule has 0 aliphatic rings. The molecule has 1 rings (SSSR count). The Bertz CT molecular complexity index is 605. The van der Waals surface area contributed by atoms with Gasteiger partial charge in [0, 0.05) is 5.56 Å². The summed E-state index contributed by atoms with van der Waals surface area (Å²) in [6.45, 7) is 0. The lowest BCUT2D eigenvalue weighted by Gasteiger charge is -2.04. The maximum Gasteiger partial charge on any atom is 0.211 e. The van der Waals surface area contributed by atoms with E-state index in [1.54, 1.807) is 42.5 Å². The highest BCUT2D eigenvalue weighted by atomic mass is 32.2. The SMILES string of the molecule is C[S+](=O)(CC=C(C#N)C#N)CC(=O)c1ccccc1. The normalized spacial score (nSPS) is 12.6. The maximum absolute atomic E-state index is 12.2. The molecule has 0 amide bonds. The number of benzene rings is 1. The highest BCUT2D eigenvalue weighted by Crippen LogP contribution is 2.08. The van der Waals surface area contributed by atoms with Crippen LogP contribution in [0.3, 0.4) is 0 Å². The van der Waals surface area contributed by atoms with Crippen LogP contribution in [-0.4, -0.2) is 23.5 Å². The third kappa shape index (κ3) is 4.87. The molecular weight excluding hydrogens is 260 g/mol. The minimum Gasteiger partial charge on any atom is -0.289 e. The molecule has 0 fully saturated rings. The van der Waals surface area contributed by atoms with E-state index < -0.39 is 9.93 Å². The van der Waals surface area contributed by atoms with Crippen LogP contribution < -0.4 is 0 Å². The van der Waals surface area contributed by atoms with E-state index in [1.165, 1.54) is 12.3 Å². The average Bonchev–Trinajstić information content (AvgIpc) is 2.40. The van der Waals surface area contributed by atoms with Gasteiger partial charge in [-0.05, 0) is 6.08 Å². The molecule has 0 N–H and O–H groups in total. The molecule has 1 unspecified atom stereocenters. The standard InChI is InChI=1S/C14H13N2O2S/c1-19(18,8-7-12(9-15)10-16)11-14(17)13-5-3-2-4-6-13/h2-7H,8,11H2,1H3/q+1. The first kappa shape index (κ1) is 14.8. The van der Waals surface area contributed by atoms with Gasteiger partial charge >= 0.3 is 0 Å². The molecule has 1 atom stereocenters. The van der Waals surface area contributed by atoms with Crippen molar-refractivity contribution in [3.63, 3.8) is 0 Å². The van der Waals surface area contributed by atoms with Crippen LogP contribution >= 0.6 is 0 Å². The molecule has 4 nitrogen and oxygen atoms in total. The van der Waals surface area contributed by atoms with E-state index in [-0.39, 0.29) is 22.9 Å². The first-order valence-corrected chi connectivity index (χ1v) is 7.82. The molecule has 19 heavy (non-hydrogen) atoms. The van der Waals surface area contributed by atoms with Crippen LogP contribution in [0.4, 0.5) is 0 Å².